The quantitative estimate of drug-likeness (QED) is 0.447. The van der Waals surface area contributed by atoms with Gasteiger partial charge >= 0.3 is 0 Å². The van der Waals surface area contributed by atoms with Crippen LogP contribution in [0.15, 0.2) is 42.5 Å². The molecule has 3 N–H and O–H groups in total. The van der Waals surface area contributed by atoms with E-state index in [9.17, 15) is 9.90 Å². The molecule has 0 unspecified atom stereocenters. The molecule has 7 heteroatoms. The number of rotatable bonds is 4. The van der Waals surface area contributed by atoms with E-state index in [2.05, 4.69) is 17.2 Å². The van der Waals surface area contributed by atoms with Crippen molar-refractivity contribution in [1.29, 1.82) is 0 Å². The highest BCUT2D eigenvalue weighted by atomic mass is 16.5. The lowest BCUT2D eigenvalue weighted by molar-refractivity contribution is -0.114. The number of ether oxygens (including phenoxy) is 1. The number of aliphatic hydroxyl groups excluding tert-OH is 1. The first kappa shape index (κ1) is 20.5. The molecule has 7 nitrogen and oxygen atoms in total. The molecule has 0 atom stereocenters. The normalized spacial score (nSPS) is 11.9. The van der Waals surface area contributed by atoms with Crippen LogP contribution in [0.4, 0.5) is 5.69 Å². The molecule has 1 aromatic heterocycles. The molecule has 1 aliphatic rings. The number of aliphatic hydroxyl groups is 1. The van der Waals surface area contributed by atoms with Gasteiger partial charge in [-0.2, -0.15) is 5.10 Å². The van der Waals surface area contributed by atoms with Gasteiger partial charge in [0.05, 0.1) is 17.9 Å². The molecule has 0 bridgehead atoms. The van der Waals surface area contributed by atoms with Crippen LogP contribution >= 0.6 is 0 Å². The molecule has 1 amide bonds. The van der Waals surface area contributed by atoms with Crippen molar-refractivity contribution in [3.63, 3.8) is 0 Å². The molecule has 4 rings (SSSR count). The number of phenols is 1. The number of unbranched alkanes of at least 4 members (excludes halogenated alkanes) is 1. The summed E-state index contributed by atoms with van der Waals surface area (Å²) in [5.74, 6) is 6.85. The summed E-state index contributed by atoms with van der Waals surface area (Å²) in [7, 11) is 0. The fourth-order valence-electron chi connectivity index (χ4n) is 3.44. The van der Waals surface area contributed by atoms with Crippen LogP contribution in [0, 0.1) is 11.8 Å². The van der Waals surface area contributed by atoms with Crippen molar-refractivity contribution >= 4 is 11.6 Å². The van der Waals surface area contributed by atoms with Crippen LogP contribution in [0.25, 0.3) is 11.3 Å². The van der Waals surface area contributed by atoms with Crippen molar-refractivity contribution in [3.05, 3.63) is 59.3 Å². The molecule has 0 spiro atoms. The Morgan fingerprint density at radius 3 is 2.94 bits per heavy atom. The highest BCUT2D eigenvalue weighted by molar-refractivity contribution is 5.88. The van der Waals surface area contributed by atoms with Crippen LogP contribution < -0.4 is 10.1 Å². The number of aromatic hydroxyl groups is 1. The summed E-state index contributed by atoms with van der Waals surface area (Å²) in [4.78, 5) is 11.3. The standard InChI is InChI=1S/C24H23N3O4/c1-16(29)25-19-7-6-18-14-27-20(15-31-24(18)12-19)13-23(26-27)22-9-8-21(30)11-17(22)5-3-2-4-10-28/h6-9,11-13,28,30H,2,4,10,14-15H2,1H3,(H,25,29). The van der Waals surface area contributed by atoms with E-state index in [1.54, 1.807) is 12.1 Å². The first-order chi connectivity index (χ1) is 15.0. The first-order valence-corrected chi connectivity index (χ1v) is 10.1. The molecular formula is C24H23N3O4. The van der Waals surface area contributed by atoms with Gasteiger partial charge in [0.15, 0.2) is 0 Å². The maximum absolute atomic E-state index is 11.3. The third-order valence-electron chi connectivity index (χ3n) is 4.91. The molecule has 1 aliphatic heterocycles. The zero-order valence-electron chi connectivity index (χ0n) is 17.2. The van der Waals surface area contributed by atoms with Crippen molar-refractivity contribution in [2.45, 2.75) is 32.9 Å². The largest absolute Gasteiger partial charge is 0.508 e. The third kappa shape index (κ3) is 4.71. The second-order valence-electron chi connectivity index (χ2n) is 7.33. The maximum Gasteiger partial charge on any atom is 0.221 e. The van der Waals surface area contributed by atoms with Crippen molar-refractivity contribution in [3.8, 4) is 34.6 Å². The summed E-state index contributed by atoms with van der Waals surface area (Å²) < 4.78 is 7.88. The number of phenolic OH excluding ortho intramolecular Hbond substituents is 1. The first-order valence-electron chi connectivity index (χ1n) is 10.1. The summed E-state index contributed by atoms with van der Waals surface area (Å²) >= 11 is 0. The van der Waals surface area contributed by atoms with Crippen LogP contribution in [0.3, 0.4) is 0 Å². The maximum atomic E-state index is 11.3. The topological polar surface area (TPSA) is 96.6 Å². The number of hydrogen-bond acceptors (Lipinski definition) is 5. The van der Waals surface area contributed by atoms with Gasteiger partial charge in [-0.3, -0.25) is 9.48 Å². The van der Waals surface area contributed by atoms with E-state index >= 15 is 0 Å². The van der Waals surface area contributed by atoms with E-state index < -0.39 is 0 Å². The minimum atomic E-state index is -0.129. The second-order valence-corrected chi connectivity index (χ2v) is 7.33. The van der Waals surface area contributed by atoms with Gasteiger partial charge in [0.2, 0.25) is 5.91 Å². The zero-order valence-corrected chi connectivity index (χ0v) is 17.2. The minimum Gasteiger partial charge on any atom is -0.508 e. The van der Waals surface area contributed by atoms with Gasteiger partial charge in [-0.05, 0) is 36.8 Å². The predicted molar refractivity (Wildman–Crippen MR) is 117 cm³/mol. The minimum absolute atomic E-state index is 0.100. The van der Waals surface area contributed by atoms with Crippen molar-refractivity contribution in [2.24, 2.45) is 0 Å². The van der Waals surface area contributed by atoms with E-state index in [4.69, 9.17) is 14.9 Å². The van der Waals surface area contributed by atoms with E-state index in [-0.39, 0.29) is 18.3 Å². The number of fused-ring (bicyclic) bond motifs is 2. The molecule has 2 heterocycles. The van der Waals surface area contributed by atoms with E-state index in [0.717, 1.165) is 28.3 Å². The van der Waals surface area contributed by atoms with Gasteiger partial charge in [0.1, 0.15) is 18.1 Å². The average Bonchev–Trinajstić information content (AvgIpc) is 3.05. The van der Waals surface area contributed by atoms with Gasteiger partial charge in [-0.1, -0.05) is 17.9 Å². The van der Waals surface area contributed by atoms with Gasteiger partial charge in [0.25, 0.3) is 0 Å². The Morgan fingerprint density at radius 2 is 2.13 bits per heavy atom. The SMILES string of the molecule is CC(=O)Nc1ccc2c(c1)OCc1cc(-c3ccc(O)cc3C#CCCCO)nn1C2. The lowest BCUT2D eigenvalue weighted by atomic mass is 10.0. The Morgan fingerprint density at radius 1 is 1.26 bits per heavy atom. The van der Waals surface area contributed by atoms with Crippen molar-refractivity contribution in [1.82, 2.24) is 9.78 Å². The average molecular weight is 417 g/mol. The number of benzene rings is 2. The fraction of sp³-hybridized carbons (Fsp3) is 0.250. The molecule has 158 valence electrons. The van der Waals surface area contributed by atoms with Gasteiger partial charge < -0.3 is 20.3 Å². The van der Waals surface area contributed by atoms with E-state index in [1.165, 1.54) is 6.92 Å². The van der Waals surface area contributed by atoms with Crippen LogP contribution in [0.1, 0.15) is 36.6 Å². The number of carbonyl (C=O) groups excluding carboxylic acids is 1. The highest BCUT2D eigenvalue weighted by Gasteiger charge is 2.19. The zero-order chi connectivity index (χ0) is 21.8. The molecule has 3 aromatic rings. The van der Waals surface area contributed by atoms with E-state index in [1.807, 2.05) is 35.0 Å². The fourth-order valence-corrected chi connectivity index (χ4v) is 3.44. The molecule has 0 saturated heterocycles. The number of nitrogens with one attached hydrogen (secondary N) is 1. The van der Waals surface area contributed by atoms with Gasteiger partial charge in [-0.25, -0.2) is 0 Å². The summed E-state index contributed by atoms with van der Waals surface area (Å²) in [6.45, 7) is 2.46. The number of amides is 1. The molecular weight excluding hydrogens is 394 g/mol. The van der Waals surface area contributed by atoms with E-state index in [0.29, 0.717) is 37.2 Å². The summed E-state index contributed by atoms with van der Waals surface area (Å²) in [5, 5.41) is 26.4. The molecule has 2 aromatic carbocycles. The van der Waals surface area contributed by atoms with Crippen molar-refractivity contribution < 1.29 is 19.7 Å². The third-order valence-corrected chi connectivity index (χ3v) is 4.91. The number of nitrogens with zero attached hydrogens (tertiary/aromatic N) is 2. The Kier molecular flexibility index (Phi) is 5.92. The predicted octanol–water partition coefficient (Wildman–Crippen LogP) is 3.28. The Labute approximate surface area is 180 Å². The molecule has 0 radical (unpaired) electrons. The number of anilines is 1. The number of carbonyl (C=O) groups is 1. The summed E-state index contributed by atoms with van der Waals surface area (Å²) in [6.07, 6.45) is 1.19. The van der Waals surface area contributed by atoms with Crippen LogP contribution in [0.5, 0.6) is 11.5 Å². The molecule has 0 saturated carbocycles. The lowest BCUT2D eigenvalue weighted by Gasteiger charge is -2.09. The summed E-state index contributed by atoms with van der Waals surface area (Å²) in [5.41, 5.74) is 4.85. The smallest absolute Gasteiger partial charge is 0.221 e. The second kappa shape index (κ2) is 8.94. The van der Waals surface area contributed by atoms with Gasteiger partial charge in [-0.15, -0.1) is 0 Å². The highest BCUT2D eigenvalue weighted by Crippen LogP contribution is 2.31. The monoisotopic (exact) mass is 417 g/mol. The van der Waals surface area contributed by atoms with Crippen LogP contribution in [-0.4, -0.2) is 32.5 Å². The molecule has 31 heavy (non-hydrogen) atoms. The van der Waals surface area contributed by atoms with Crippen molar-refractivity contribution in [2.75, 3.05) is 11.9 Å². The molecule has 0 fully saturated rings. The molecule has 0 aliphatic carbocycles. The lowest BCUT2D eigenvalue weighted by Crippen LogP contribution is -2.06. The van der Waals surface area contributed by atoms with Crippen LogP contribution in [0.2, 0.25) is 0 Å². The Hall–Kier alpha value is -3.76. The van der Waals surface area contributed by atoms with Crippen LogP contribution in [-0.2, 0) is 17.9 Å². The number of aromatic nitrogens is 2. The van der Waals surface area contributed by atoms with Gasteiger partial charge in [0, 0.05) is 48.4 Å². The Balaban J connectivity index is 1.63. The summed E-state index contributed by atoms with van der Waals surface area (Å²) in [6, 6.07) is 12.6. The number of hydrogen-bond donors (Lipinski definition) is 3. The Bertz CT molecular complexity index is 1190.